The summed E-state index contributed by atoms with van der Waals surface area (Å²) in [6.07, 6.45) is 1.73. The third-order valence-corrected chi connectivity index (χ3v) is 4.81. The Hall–Kier alpha value is -3.42. The number of aryl methyl sites for hydroxylation is 2. The van der Waals surface area contributed by atoms with Gasteiger partial charge in [-0.1, -0.05) is 0 Å². The van der Waals surface area contributed by atoms with Crippen LogP contribution in [0.25, 0.3) is 5.69 Å². The van der Waals surface area contributed by atoms with E-state index in [0.29, 0.717) is 11.3 Å². The molecule has 8 heteroatoms. The summed E-state index contributed by atoms with van der Waals surface area (Å²) in [5.74, 6) is -1.35. The average molecular weight is 365 g/mol. The van der Waals surface area contributed by atoms with E-state index in [1.807, 2.05) is 32.0 Å². The molecule has 0 bridgehead atoms. The van der Waals surface area contributed by atoms with Crippen molar-refractivity contribution in [3.63, 3.8) is 0 Å². The SMILES string of the molecule is Cc1cc(C)n(-c2ccc(C(=O)N3Cc4[nH]cnc4C[C@@H]3C(=O)O)cc2)n1. The first kappa shape index (κ1) is 17.0. The minimum atomic E-state index is -1.03. The van der Waals surface area contributed by atoms with E-state index >= 15 is 0 Å². The lowest BCUT2D eigenvalue weighted by atomic mass is 10.0. The number of aromatic amines is 1. The minimum Gasteiger partial charge on any atom is -0.480 e. The second kappa shape index (κ2) is 6.39. The molecule has 1 amide bonds. The van der Waals surface area contributed by atoms with Gasteiger partial charge in [0, 0.05) is 17.7 Å². The predicted molar refractivity (Wildman–Crippen MR) is 96.6 cm³/mol. The number of hydrogen-bond donors (Lipinski definition) is 2. The Kier molecular flexibility index (Phi) is 4.02. The highest BCUT2D eigenvalue weighted by Crippen LogP contribution is 2.23. The van der Waals surface area contributed by atoms with Crippen molar-refractivity contribution >= 4 is 11.9 Å². The van der Waals surface area contributed by atoms with E-state index < -0.39 is 12.0 Å². The van der Waals surface area contributed by atoms with E-state index in [-0.39, 0.29) is 18.9 Å². The average Bonchev–Trinajstić information content (AvgIpc) is 3.25. The summed E-state index contributed by atoms with van der Waals surface area (Å²) in [5.41, 5.74) is 4.68. The summed E-state index contributed by atoms with van der Waals surface area (Å²) in [6, 6.07) is 8.09. The first-order valence-electron chi connectivity index (χ1n) is 8.62. The van der Waals surface area contributed by atoms with E-state index in [4.69, 9.17) is 0 Å². The summed E-state index contributed by atoms with van der Waals surface area (Å²) in [4.78, 5) is 33.1. The van der Waals surface area contributed by atoms with E-state index in [0.717, 1.165) is 22.8 Å². The molecule has 2 N–H and O–H groups in total. The Balaban J connectivity index is 1.62. The number of rotatable bonds is 3. The largest absolute Gasteiger partial charge is 0.480 e. The van der Waals surface area contributed by atoms with Crippen LogP contribution in [0.3, 0.4) is 0 Å². The van der Waals surface area contributed by atoms with E-state index in [9.17, 15) is 14.7 Å². The summed E-state index contributed by atoms with van der Waals surface area (Å²) in [7, 11) is 0. The molecular weight excluding hydrogens is 346 g/mol. The van der Waals surface area contributed by atoms with Gasteiger partial charge in [-0.05, 0) is 44.2 Å². The molecule has 1 aromatic carbocycles. The van der Waals surface area contributed by atoms with Gasteiger partial charge in [-0.2, -0.15) is 5.10 Å². The maximum Gasteiger partial charge on any atom is 0.326 e. The van der Waals surface area contributed by atoms with Crippen LogP contribution in [0.2, 0.25) is 0 Å². The number of carboxylic acids is 1. The first-order valence-corrected chi connectivity index (χ1v) is 8.62. The van der Waals surface area contributed by atoms with Crippen molar-refractivity contribution in [3.05, 3.63) is 65.0 Å². The van der Waals surface area contributed by atoms with Crippen LogP contribution in [0.15, 0.2) is 36.7 Å². The molecule has 0 saturated heterocycles. The standard InChI is InChI=1S/C19H19N5O3/c1-11-7-12(2)24(22-11)14-5-3-13(4-6-14)18(25)23-9-16-15(20-10-21-16)8-17(23)19(26)27/h3-7,10,17H,8-9H2,1-2H3,(H,20,21)(H,26,27)/t17-/m1/s1. The Labute approximate surface area is 155 Å². The van der Waals surface area contributed by atoms with Crippen LogP contribution in [0, 0.1) is 13.8 Å². The van der Waals surface area contributed by atoms with Crippen LogP contribution in [-0.4, -0.2) is 47.7 Å². The van der Waals surface area contributed by atoms with E-state index in [1.54, 1.807) is 16.8 Å². The number of carboxylic acid groups (broad SMARTS) is 1. The van der Waals surface area contributed by atoms with Crippen LogP contribution in [0.1, 0.15) is 33.1 Å². The molecule has 1 aliphatic heterocycles. The molecule has 8 nitrogen and oxygen atoms in total. The Morgan fingerprint density at radius 2 is 1.96 bits per heavy atom. The topological polar surface area (TPSA) is 104 Å². The maximum absolute atomic E-state index is 13.0. The summed E-state index contributed by atoms with van der Waals surface area (Å²) in [6.45, 7) is 4.09. The number of hydrogen-bond acceptors (Lipinski definition) is 4. The summed E-state index contributed by atoms with van der Waals surface area (Å²) in [5, 5.41) is 14.0. The van der Waals surface area contributed by atoms with Crippen molar-refractivity contribution in [2.24, 2.45) is 0 Å². The number of carbonyl (C=O) groups is 2. The van der Waals surface area contributed by atoms with Crippen LogP contribution < -0.4 is 0 Å². The molecule has 0 radical (unpaired) electrons. The molecule has 0 unspecified atom stereocenters. The van der Waals surface area contributed by atoms with Gasteiger partial charge >= 0.3 is 5.97 Å². The monoisotopic (exact) mass is 365 g/mol. The first-order chi connectivity index (χ1) is 12.9. The van der Waals surface area contributed by atoms with Gasteiger partial charge in [-0.25, -0.2) is 14.5 Å². The normalized spacial score (nSPS) is 16.2. The number of amides is 1. The number of nitrogens with zero attached hydrogens (tertiary/aromatic N) is 4. The zero-order valence-electron chi connectivity index (χ0n) is 15.0. The van der Waals surface area contributed by atoms with Gasteiger partial charge in [0.15, 0.2) is 0 Å². The van der Waals surface area contributed by atoms with Gasteiger partial charge < -0.3 is 15.0 Å². The van der Waals surface area contributed by atoms with Crippen molar-refractivity contribution in [1.82, 2.24) is 24.6 Å². The second-order valence-corrected chi connectivity index (χ2v) is 6.70. The number of benzene rings is 1. The number of aromatic nitrogens is 4. The van der Waals surface area contributed by atoms with Crippen molar-refractivity contribution in [2.45, 2.75) is 32.9 Å². The molecule has 1 atom stereocenters. The number of fused-ring (bicyclic) bond motifs is 1. The van der Waals surface area contributed by atoms with Crippen LogP contribution >= 0.6 is 0 Å². The van der Waals surface area contributed by atoms with Gasteiger partial charge in [-0.15, -0.1) is 0 Å². The Bertz CT molecular complexity index is 1020. The molecule has 0 saturated carbocycles. The van der Waals surface area contributed by atoms with Crippen molar-refractivity contribution in [2.75, 3.05) is 0 Å². The fourth-order valence-corrected chi connectivity index (χ4v) is 3.47. The zero-order valence-corrected chi connectivity index (χ0v) is 15.0. The van der Waals surface area contributed by atoms with Crippen LogP contribution in [0.5, 0.6) is 0 Å². The van der Waals surface area contributed by atoms with Gasteiger partial charge in [-0.3, -0.25) is 4.79 Å². The van der Waals surface area contributed by atoms with Gasteiger partial charge in [0.1, 0.15) is 6.04 Å². The molecule has 1 aliphatic rings. The molecule has 3 aromatic rings. The van der Waals surface area contributed by atoms with Gasteiger partial charge in [0.2, 0.25) is 0 Å². The quantitative estimate of drug-likeness (QED) is 0.737. The lowest BCUT2D eigenvalue weighted by Crippen LogP contribution is -2.48. The predicted octanol–water partition coefficient (Wildman–Crippen LogP) is 1.86. The Morgan fingerprint density at radius 3 is 2.59 bits per heavy atom. The molecular formula is C19H19N5O3. The molecule has 27 heavy (non-hydrogen) atoms. The zero-order chi connectivity index (χ0) is 19.1. The summed E-state index contributed by atoms with van der Waals surface area (Å²) >= 11 is 0. The fraction of sp³-hybridized carbons (Fsp3) is 0.263. The van der Waals surface area contributed by atoms with Crippen molar-refractivity contribution in [3.8, 4) is 5.69 Å². The molecule has 4 rings (SSSR count). The lowest BCUT2D eigenvalue weighted by Gasteiger charge is -2.32. The summed E-state index contributed by atoms with van der Waals surface area (Å²) < 4.78 is 1.81. The van der Waals surface area contributed by atoms with Crippen LogP contribution in [0.4, 0.5) is 0 Å². The van der Waals surface area contributed by atoms with E-state index in [1.165, 1.54) is 11.2 Å². The van der Waals surface area contributed by atoms with E-state index in [2.05, 4.69) is 15.1 Å². The highest BCUT2D eigenvalue weighted by molar-refractivity contribution is 5.97. The fourth-order valence-electron chi connectivity index (χ4n) is 3.47. The molecule has 3 heterocycles. The number of H-pyrrole nitrogens is 1. The Morgan fingerprint density at radius 1 is 1.22 bits per heavy atom. The molecule has 0 spiro atoms. The lowest BCUT2D eigenvalue weighted by molar-refractivity contribution is -0.142. The van der Waals surface area contributed by atoms with Crippen LogP contribution in [-0.2, 0) is 17.8 Å². The van der Waals surface area contributed by atoms with Gasteiger partial charge in [0.05, 0.1) is 35.6 Å². The molecule has 2 aromatic heterocycles. The number of imidazole rings is 1. The number of carbonyl (C=O) groups excluding carboxylic acids is 1. The smallest absolute Gasteiger partial charge is 0.326 e. The molecule has 0 fully saturated rings. The van der Waals surface area contributed by atoms with Gasteiger partial charge in [0.25, 0.3) is 5.91 Å². The number of nitrogens with one attached hydrogen (secondary N) is 1. The third kappa shape index (κ3) is 2.99. The highest BCUT2D eigenvalue weighted by Gasteiger charge is 2.36. The minimum absolute atomic E-state index is 0.198. The number of aliphatic carboxylic acids is 1. The molecule has 138 valence electrons. The van der Waals surface area contributed by atoms with Crippen molar-refractivity contribution < 1.29 is 14.7 Å². The second-order valence-electron chi connectivity index (χ2n) is 6.70. The molecule has 0 aliphatic carbocycles. The van der Waals surface area contributed by atoms with Crippen molar-refractivity contribution in [1.29, 1.82) is 0 Å². The maximum atomic E-state index is 13.0. The third-order valence-electron chi connectivity index (χ3n) is 4.81. The highest BCUT2D eigenvalue weighted by atomic mass is 16.4.